The number of carbonyl (C=O) groups is 1. The molecule has 2 aromatic carbocycles. The van der Waals surface area contributed by atoms with E-state index in [0.717, 1.165) is 5.56 Å². The van der Waals surface area contributed by atoms with E-state index in [-0.39, 0.29) is 17.7 Å². The number of nitrogens with zero attached hydrogens (tertiary/aromatic N) is 3. The monoisotopic (exact) mass is 384 g/mol. The average Bonchev–Trinajstić information content (AvgIpc) is 3.07. The number of fused-ring (bicyclic) bond motifs is 3. The second-order valence-corrected chi connectivity index (χ2v) is 6.92. The van der Waals surface area contributed by atoms with Crippen molar-refractivity contribution in [2.75, 3.05) is 26.7 Å². The van der Waals surface area contributed by atoms with Crippen molar-refractivity contribution < 1.29 is 19.0 Å². The fourth-order valence-corrected chi connectivity index (χ4v) is 3.71. The predicted molar refractivity (Wildman–Crippen MR) is 102 cm³/mol. The lowest BCUT2D eigenvalue weighted by Crippen LogP contribution is -2.42. The molecule has 2 atom stereocenters. The number of halogens is 1. The number of aromatic hydroxyl groups is 1. The molecule has 0 aliphatic carbocycles. The van der Waals surface area contributed by atoms with E-state index < -0.39 is 11.9 Å². The molecule has 28 heavy (non-hydrogen) atoms. The van der Waals surface area contributed by atoms with Crippen molar-refractivity contribution in [1.82, 2.24) is 9.91 Å². The molecule has 2 heterocycles. The largest absolute Gasteiger partial charge is 0.508 e. The Hall–Kier alpha value is -3.13. The van der Waals surface area contributed by atoms with Gasteiger partial charge in [0.1, 0.15) is 17.3 Å². The van der Waals surface area contributed by atoms with Crippen molar-refractivity contribution in [3.8, 4) is 11.5 Å². The molecule has 0 fully saturated rings. The first-order valence-electron chi connectivity index (χ1n) is 9.04. The predicted octanol–water partition coefficient (Wildman–Crippen LogP) is 2.31. The Morgan fingerprint density at radius 1 is 1.39 bits per heavy atom. The summed E-state index contributed by atoms with van der Waals surface area (Å²) in [5.74, 6) is -0.0523. The summed E-state index contributed by atoms with van der Waals surface area (Å²) in [6.45, 7) is 0.992. The number of rotatable bonds is 3. The maximum absolute atomic E-state index is 13.9. The van der Waals surface area contributed by atoms with Crippen molar-refractivity contribution in [1.29, 1.82) is 0 Å². The average molecular weight is 384 g/mol. The number of nitrogens with two attached hydrogens (primary N) is 1. The minimum Gasteiger partial charge on any atom is -0.508 e. The van der Waals surface area contributed by atoms with Crippen molar-refractivity contribution >= 4 is 11.7 Å². The number of urea groups is 1. The summed E-state index contributed by atoms with van der Waals surface area (Å²) in [7, 11) is 1.65. The van der Waals surface area contributed by atoms with Crippen LogP contribution in [0.15, 0.2) is 47.6 Å². The molecule has 0 spiro atoms. The third-order valence-electron chi connectivity index (χ3n) is 5.05. The Kier molecular flexibility index (Phi) is 4.64. The number of ether oxygens (including phenoxy) is 1. The third kappa shape index (κ3) is 3.05. The molecule has 0 aromatic heterocycles. The van der Waals surface area contributed by atoms with Crippen LogP contribution < -0.4 is 10.5 Å². The van der Waals surface area contributed by atoms with Gasteiger partial charge < -0.3 is 20.5 Å². The molecule has 0 bridgehead atoms. The number of amides is 2. The van der Waals surface area contributed by atoms with Gasteiger partial charge in [0.2, 0.25) is 0 Å². The highest BCUT2D eigenvalue weighted by molar-refractivity contribution is 6.07. The molecule has 146 valence electrons. The van der Waals surface area contributed by atoms with E-state index in [2.05, 4.69) is 5.10 Å². The van der Waals surface area contributed by atoms with Crippen molar-refractivity contribution in [3.63, 3.8) is 0 Å². The quantitative estimate of drug-likeness (QED) is 0.850. The SMILES string of the molecule is CN(CCN)C(=O)N1N=C2c3cc(F)ccc3OC[C@H]2[C@H]1c1cccc(O)c1. The molecule has 2 aliphatic rings. The van der Waals surface area contributed by atoms with Crippen LogP contribution in [0, 0.1) is 11.7 Å². The van der Waals surface area contributed by atoms with E-state index in [1.165, 1.54) is 22.0 Å². The van der Waals surface area contributed by atoms with Crippen LogP contribution in [0.25, 0.3) is 0 Å². The molecular formula is C20H21FN4O3. The maximum atomic E-state index is 13.9. The number of hydrogen-bond acceptors (Lipinski definition) is 5. The van der Waals surface area contributed by atoms with Gasteiger partial charge in [-0.3, -0.25) is 0 Å². The third-order valence-corrected chi connectivity index (χ3v) is 5.05. The first-order chi connectivity index (χ1) is 13.5. The Bertz CT molecular complexity index is 949. The molecule has 0 unspecified atom stereocenters. The lowest BCUT2D eigenvalue weighted by molar-refractivity contribution is 0.134. The van der Waals surface area contributed by atoms with Crippen LogP contribution in [0.1, 0.15) is 17.2 Å². The number of likely N-dealkylation sites (N-methyl/N-ethyl adjacent to an activating group) is 1. The van der Waals surface area contributed by atoms with E-state index in [1.807, 2.05) is 6.07 Å². The van der Waals surface area contributed by atoms with Crippen molar-refractivity contribution in [3.05, 3.63) is 59.4 Å². The summed E-state index contributed by atoms with van der Waals surface area (Å²) in [5.41, 5.74) is 7.45. The van der Waals surface area contributed by atoms with Crippen LogP contribution in [0.5, 0.6) is 11.5 Å². The van der Waals surface area contributed by atoms with Gasteiger partial charge in [0.15, 0.2) is 0 Å². The van der Waals surface area contributed by atoms with Gasteiger partial charge in [-0.25, -0.2) is 14.2 Å². The van der Waals surface area contributed by atoms with Gasteiger partial charge in [0, 0.05) is 25.7 Å². The van der Waals surface area contributed by atoms with E-state index in [9.17, 15) is 14.3 Å². The Morgan fingerprint density at radius 2 is 2.21 bits per heavy atom. The molecule has 2 aliphatic heterocycles. The highest BCUT2D eigenvalue weighted by atomic mass is 19.1. The van der Waals surface area contributed by atoms with Gasteiger partial charge in [-0.15, -0.1) is 0 Å². The topological polar surface area (TPSA) is 91.4 Å². The Labute approximate surface area is 161 Å². The van der Waals surface area contributed by atoms with E-state index in [0.29, 0.717) is 36.7 Å². The molecule has 8 heteroatoms. The van der Waals surface area contributed by atoms with E-state index >= 15 is 0 Å². The minimum absolute atomic E-state index is 0.0943. The number of hydrogen-bond donors (Lipinski definition) is 2. The van der Waals surface area contributed by atoms with Gasteiger partial charge in [-0.05, 0) is 35.9 Å². The fraction of sp³-hybridized carbons (Fsp3) is 0.300. The number of phenols is 1. The number of benzene rings is 2. The van der Waals surface area contributed by atoms with Crippen molar-refractivity contribution in [2.45, 2.75) is 6.04 Å². The van der Waals surface area contributed by atoms with Crippen LogP contribution in [0.3, 0.4) is 0 Å². The van der Waals surface area contributed by atoms with Gasteiger partial charge in [-0.1, -0.05) is 12.1 Å². The zero-order valence-electron chi connectivity index (χ0n) is 15.4. The number of hydrazone groups is 1. The zero-order valence-corrected chi connectivity index (χ0v) is 15.4. The molecule has 0 radical (unpaired) electrons. The summed E-state index contributed by atoms with van der Waals surface area (Å²) in [5, 5.41) is 15.9. The van der Waals surface area contributed by atoms with Gasteiger partial charge >= 0.3 is 6.03 Å². The lowest BCUT2D eigenvalue weighted by atomic mass is 9.86. The fourth-order valence-electron chi connectivity index (χ4n) is 3.71. The molecule has 3 N–H and O–H groups in total. The summed E-state index contributed by atoms with van der Waals surface area (Å²) in [6, 6.07) is 10.2. The van der Waals surface area contributed by atoms with Crippen LogP contribution in [-0.4, -0.2) is 53.5 Å². The number of carbonyl (C=O) groups excluding carboxylic acids is 1. The lowest BCUT2D eigenvalue weighted by Gasteiger charge is -2.31. The van der Waals surface area contributed by atoms with Crippen molar-refractivity contribution in [2.24, 2.45) is 16.8 Å². The maximum Gasteiger partial charge on any atom is 0.340 e. The Balaban J connectivity index is 1.80. The van der Waals surface area contributed by atoms with E-state index in [1.54, 1.807) is 31.3 Å². The molecule has 0 saturated carbocycles. The van der Waals surface area contributed by atoms with Crippen LogP contribution >= 0.6 is 0 Å². The second kappa shape index (κ2) is 7.12. The van der Waals surface area contributed by atoms with Crippen LogP contribution in [0.2, 0.25) is 0 Å². The van der Waals surface area contributed by atoms with Gasteiger partial charge in [-0.2, -0.15) is 5.10 Å². The summed E-state index contributed by atoms with van der Waals surface area (Å²) < 4.78 is 19.7. The molecule has 0 saturated heterocycles. The van der Waals surface area contributed by atoms with E-state index in [4.69, 9.17) is 10.5 Å². The highest BCUT2D eigenvalue weighted by Gasteiger charge is 2.45. The van der Waals surface area contributed by atoms with Crippen LogP contribution in [0.4, 0.5) is 9.18 Å². The molecule has 4 rings (SSSR count). The summed E-state index contributed by atoms with van der Waals surface area (Å²) in [6.07, 6.45) is 0. The first-order valence-corrected chi connectivity index (χ1v) is 9.04. The van der Waals surface area contributed by atoms with Gasteiger partial charge in [0.05, 0.1) is 24.3 Å². The minimum atomic E-state index is -0.480. The Morgan fingerprint density at radius 3 is 2.96 bits per heavy atom. The molecule has 2 amide bonds. The standard InChI is InChI=1S/C20H21FN4O3/c1-24(8-7-22)20(27)25-19(12-3-2-4-14(26)9-12)16-11-28-17-6-5-13(21)10-15(17)18(16)23-25/h2-6,9-10,16,19,26H,7-8,11,22H2,1H3/t16-,19-/m1/s1. The molecule has 7 nitrogen and oxygen atoms in total. The summed E-state index contributed by atoms with van der Waals surface area (Å²) in [4.78, 5) is 14.5. The molecule has 2 aromatic rings. The second-order valence-electron chi connectivity index (χ2n) is 6.92. The number of phenolic OH excluding ortho intramolecular Hbond substituents is 1. The van der Waals surface area contributed by atoms with Crippen LogP contribution in [-0.2, 0) is 0 Å². The summed E-state index contributed by atoms with van der Waals surface area (Å²) >= 11 is 0. The highest BCUT2D eigenvalue weighted by Crippen LogP contribution is 2.43. The normalized spacial score (nSPS) is 20.1. The smallest absolute Gasteiger partial charge is 0.340 e. The molecular weight excluding hydrogens is 363 g/mol. The zero-order chi connectivity index (χ0) is 19.8. The van der Waals surface area contributed by atoms with Gasteiger partial charge in [0.25, 0.3) is 0 Å². The first kappa shape index (κ1) is 18.2.